The van der Waals surface area contributed by atoms with Gasteiger partial charge in [-0.15, -0.1) is 0 Å². The fourth-order valence-electron chi connectivity index (χ4n) is 2.74. The monoisotopic (exact) mass is 366 g/mol. The molecule has 27 heavy (non-hydrogen) atoms. The maximum atomic E-state index is 12.2. The van der Waals surface area contributed by atoms with E-state index in [0.717, 1.165) is 10.5 Å². The van der Waals surface area contributed by atoms with Crippen LogP contribution in [0, 0.1) is 6.92 Å². The Morgan fingerprint density at radius 3 is 2.19 bits per heavy atom. The molecule has 2 aromatic carbocycles. The lowest BCUT2D eigenvalue weighted by molar-refractivity contribution is -0.135. The van der Waals surface area contributed by atoms with E-state index >= 15 is 0 Å². The first-order valence-electron chi connectivity index (χ1n) is 8.45. The second-order valence-electron chi connectivity index (χ2n) is 6.07. The van der Waals surface area contributed by atoms with Crippen molar-refractivity contribution in [1.29, 1.82) is 0 Å². The summed E-state index contributed by atoms with van der Waals surface area (Å²) in [6.07, 6.45) is -0.0941. The van der Waals surface area contributed by atoms with Crippen molar-refractivity contribution >= 4 is 23.7 Å². The smallest absolute Gasteiger partial charge is 0.330 e. The van der Waals surface area contributed by atoms with E-state index < -0.39 is 23.7 Å². The van der Waals surface area contributed by atoms with Crippen LogP contribution in [0.15, 0.2) is 48.5 Å². The van der Waals surface area contributed by atoms with Gasteiger partial charge in [-0.05, 0) is 30.7 Å². The third kappa shape index (κ3) is 4.03. The van der Waals surface area contributed by atoms with Crippen molar-refractivity contribution < 1.29 is 23.9 Å². The number of aryl methyl sites for hydroxylation is 1. The van der Waals surface area contributed by atoms with Crippen LogP contribution in [-0.4, -0.2) is 41.7 Å². The van der Waals surface area contributed by atoms with Crippen LogP contribution in [0.1, 0.15) is 32.7 Å². The molecule has 3 amide bonds. The molecule has 1 aliphatic rings. The summed E-state index contributed by atoms with van der Waals surface area (Å²) in [5, 5.41) is 2.43. The minimum absolute atomic E-state index is 0.0506. The van der Waals surface area contributed by atoms with Gasteiger partial charge in [-0.1, -0.05) is 30.3 Å². The summed E-state index contributed by atoms with van der Waals surface area (Å²) in [7, 11) is 0. The van der Waals surface area contributed by atoms with E-state index in [1.807, 2.05) is 19.1 Å². The number of para-hydroxylation sites is 1. The van der Waals surface area contributed by atoms with Crippen LogP contribution in [0.25, 0.3) is 0 Å². The lowest BCUT2D eigenvalue weighted by Crippen LogP contribution is -2.36. The topological polar surface area (TPSA) is 92.8 Å². The van der Waals surface area contributed by atoms with Gasteiger partial charge in [0, 0.05) is 13.0 Å². The van der Waals surface area contributed by atoms with E-state index in [-0.39, 0.29) is 19.5 Å². The highest BCUT2D eigenvalue weighted by molar-refractivity contribution is 6.21. The summed E-state index contributed by atoms with van der Waals surface area (Å²) in [6, 6.07) is 13.6. The van der Waals surface area contributed by atoms with E-state index in [1.54, 1.807) is 36.4 Å². The standard InChI is InChI=1S/C20H18N2O5/c1-13-6-2-5-9-16(13)27-18(24)12-21-17(23)10-11-22-19(25)14-7-3-4-8-15(14)20(22)26/h2-9H,10-12H2,1H3,(H,21,23). The molecule has 0 aliphatic carbocycles. The molecule has 0 spiro atoms. The molecule has 3 rings (SSSR count). The Hall–Kier alpha value is -3.48. The second-order valence-corrected chi connectivity index (χ2v) is 6.07. The van der Waals surface area contributed by atoms with Gasteiger partial charge in [-0.2, -0.15) is 0 Å². The number of imide groups is 1. The van der Waals surface area contributed by atoms with Crippen LogP contribution in [0.5, 0.6) is 5.75 Å². The fraction of sp³-hybridized carbons (Fsp3) is 0.200. The number of nitrogens with zero attached hydrogens (tertiary/aromatic N) is 1. The number of rotatable bonds is 6. The van der Waals surface area contributed by atoms with Crippen molar-refractivity contribution in [3.05, 3.63) is 65.2 Å². The van der Waals surface area contributed by atoms with Crippen LogP contribution < -0.4 is 10.1 Å². The van der Waals surface area contributed by atoms with Gasteiger partial charge in [0.15, 0.2) is 0 Å². The van der Waals surface area contributed by atoms with Gasteiger partial charge in [0.1, 0.15) is 12.3 Å². The van der Waals surface area contributed by atoms with Crippen molar-refractivity contribution in [2.24, 2.45) is 0 Å². The SMILES string of the molecule is Cc1ccccc1OC(=O)CNC(=O)CCN1C(=O)c2ccccc2C1=O. The molecule has 0 radical (unpaired) electrons. The van der Waals surface area contributed by atoms with Crippen molar-refractivity contribution in [2.45, 2.75) is 13.3 Å². The van der Waals surface area contributed by atoms with Crippen LogP contribution in [0.4, 0.5) is 0 Å². The molecule has 1 heterocycles. The molecule has 0 bridgehead atoms. The Morgan fingerprint density at radius 1 is 0.963 bits per heavy atom. The summed E-state index contributed by atoms with van der Waals surface area (Å²) in [6.45, 7) is 1.46. The number of hydrogen-bond donors (Lipinski definition) is 1. The first kappa shape index (κ1) is 18.3. The number of benzene rings is 2. The number of fused-ring (bicyclic) bond motifs is 1. The third-order valence-electron chi connectivity index (χ3n) is 4.19. The molecule has 0 saturated carbocycles. The van der Waals surface area contributed by atoms with Gasteiger partial charge >= 0.3 is 5.97 Å². The summed E-state index contributed by atoms with van der Waals surface area (Å²) in [5.41, 5.74) is 1.48. The molecule has 0 aromatic heterocycles. The fourth-order valence-corrected chi connectivity index (χ4v) is 2.74. The molecule has 1 N–H and O–H groups in total. The maximum Gasteiger partial charge on any atom is 0.330 e. The Bertz CT molecular complexity index is 887. The molecule has 0 fully saturated rings. The third-order valence-corrected chi connectivity index (χ3v) is 4.19. The van der Waals surface area contributed by atoms with Crippen molar-refractivity contribution in [2.75, 3.05) is 13.1 Å². The molecule has 7 heteroatoms. The first-order chi connectivity index (χ1) is 13.0. The van der Waals surface area contributed by atoms with Gasteiger partial charge in [-0.25, -0.2) is 4.79 Å². The quantitative estimate of drug-likeness (QED) is 0.477. The Morgan fingerprint density at radius 2 is 1.56 bits per heavy atom. The van der Waals surface area contributed by atoms with Gasteiger partial charge in [-0.3, -0.25) is 19.3 Å². The number of nitrogens with one attached hydrogen (secondary N) is 1. The van der Waals surface area contributed by atoms with Crippen LogP contribution in [-0.2, 0) is 9.59 Å². The highest BCUT2D eigenvalue weighted by Crippen LogP contribution is 2.22. The predicted octanol–water partition coefficient (Wildman–Crippen LogP) is 1.70. The van der Waals surface area contributed by atoms with E-state index in [0.29, 0.717) is 16.9 Å². The van der Waals surface area contributed by atoms with E-state index in [1.165, 1.54) is 0 Å². The van der Waals surface area contributed by atoms with Gasteiger partial charge in [0.25, 0.3) is 11.8 Å². The number of amides is 3. The maximum absolute atomic E-state index is 12.2. The summed E-state index contributed by atoms with van der Waals surface area (Å²) in [5.74, 6) is -1.45. The van der Waals surface area contributed by atoms with Crippen LogP contribution in [0.3, 0.4) is 0 Å². The zero-order chi connectivity index (χ0) is 19.4. The summed E-state index contributed by atoms with van der Waals surface area (Å²) < 4.78 is 5.18. The van der Waals surface area contributed by atoms with Crippen molar-refractivity contribution in [1.82, 2.24) is 10.2 Å². The normalized spacial score (nSPS) is 12.7. The molecular weight excluding hydrogens is 348 g/mol. The zero-order valence-electron chi connectivity index (χ0n) is 14.7. The van der Waals surface area contributed by atoms with Crippen LogP contribution >= 0.6 is 0 Å². The average molecular weight is 366 g/mol. The average Bonchev–Trinajstić information content (AvgIpc) is 2.91. The lowest BCUT2D eigenvalue weighted by Gasteiger charge is -2.13. The van der Waals surface area contributed by atoms with Crippen LogP contribution in [0.2, 0.25) is 0 Å². The Kier molecular flexibility index (Phi) is 5.30. The van der Waals surface area contributed by atoms with Crippen molar-refractivity contribution in [3.63, 3.8) is 0 Å². The van der Waals surface area contributed by atoms with E-state index in [2.05, 4.69) is 5.32 Å². The summed E-state index contributed by atoms with van der Waals surface area (Å²) >= 11 is 0. The summed E-state index contributed by atoms with van der Waals surface area (Å²) in [4.78, 5) is 49.2. The van der Waals surface area contributed by atoms with Gasteiger partial charge in [0.2, 0.25) is 5.91 Å². The molecule has 2 aromatic rings. The predicted molar refractivity (Wildman–Crippen MR) is 96.2 cm³/mol. The number of hydrogen-bond acceptors (Lipinski definition) is 5. The lowest BCUT2D eigenvalue weighted by atomic mass is 10.1. The Balaban J connectivity index is 1.47. The number of esters is 1. The second kappa shape index (κ2) is 7.82. The highest BCUT2D eigenvalue weighted by atomic mass is 16.5. The van der Waals surface area contributed by atoms with Gasteiger partial charge in [0.05, 0.1) is 11.1 Å². The highest BCUT2D eigenvalue weighted by Gasteiger charge is 2.34. The molecule has 0 unspecified atom stereocenters. The largest absolute Gasteiger partial charge is 0.425 e. The molecule has 0 saturated heterocycles. The molecule has 1 aliphatic heterocycles. The number of ether oxygens (including phenoxy) is 1. The van der Waals surface area contributed by atoms with Crippen molar-refractivity contribution in [3.8, 4) is 5.75 Å². The van der Waals surface area contributed by atoms with E-state index in [4.69, 9.17) is 4.74 Å². The minimum atomic E-state index is -0.599. The molecule has 7 nitrogen and oxygen atoms in total. The molecular formula is C20H18N2O5. The minimum Gasteiger partial charge on any atom is -0.425 e. The first-order valence-corrected chi connectivity index (χ1v) is 8.45. The van der Waals surface area contributed by atoms with Gasteiger partial charge < -0.3 is 10.1 Å². The molecule has 138 valence electrons. The number of carbonyl (C=O) groups is 4. The molecule has 0 atom stereocenters. The van der Waals surface area contributed by atoms with E-state index in [9.17, 15) is 19.2 Å². The number of carbonyl (C=O) groups excluding carboxylic acids is 4. The zero-order valence-corrected chi connectivity index (χ0v) is 14.7. The Labute approximate surface area is 155 Å².